The number of hydrogen-bond donors (Lipinski definition) is 2. The quantitative estimate of drug-likeness (QED) is 0.259. The first-order valence-electron chi connectivity index (χ1n) is 11.4. The van der Waals surface area contributed by atoms with Crippen molar-refractivity contribution in [1.29, 1.82) is 0 Å². The Morgan fingerprint density at radius 2 is 2.00 bits per heavy atom. The second kappa shape index (κ2) is 11.1. The van der Waals surface area contributed by atoms with E-state index in [0.717, 1.165) is 24.4 Å². The molecule has 3 heterocycles. The van der Waals surface area contributed by atoms with Gasteiger partial charge in [0.05, 0.1) is 16.3 Å². The summed E-state index contributed by atoms with van der Waals surface area (Å²) in [5.74, 6) is 0.579. The summed E-state index contributed by atoms with van der Waals surface area (Å²) in [6, 6.07) is 15.9. The maximum absolute atomic E-state index is 14.9. The van der Waals surface area contributed by atoms with Crippen molar-refractivity contribution in [2.24, 2.45) is 0 Å². The largest absolute Gasteiger partial charge is 0.453 e. The lowest BCUT2D eigenvalue weighted by Gasteiger charge is -2.15. The van der Waals surface area contributed by atoms with Crippen molar-refractivity contribution < 1.29 is 9.13 Å². The zero-order valence-electron chi connectivity index (χ0n) is 19.5. The van der Waals surface area contributed by atoms with Gasteiger partial charge >= 0.3 is 0 Å². The van der Waals surface area contributed by atoms with Gasteiger partial charge in [-0.25, -0.2) is 14.4 Å². The first kappa shape index (κ1) is 24.3. The molecule has 2 N–H and O–H groups in total. The number of nitrogens with zero attached hydrogens (tertiary/aromatic N) is 4. The lowest BCUT2D eigenvalue weighted by Crippen LogP contribution is -2.24. The summed E-state index contributed by atoms with van der Waals surface area (Å²) < 4.78 is 24.0. The molecule has 0 radical (unpaired) electrons. The minimum atomic E-state index is -0.502. The number of nitrogens with one attached hydrogen (secondary N) is 2. The van der Waals surface area contributed by atoms with Crippen molar-refractivity contribution in [2.45, 2.75) is 17.4 Å². The van der Waals surface area contributed by atoms with Gasteiger partial charge in [0.1, 0.15) is 5.75 Å². The average Bonchev–Trinajstić information content (AvgIpc) is 3.30. The molecule has 7 nitrogen and oxygen atoms in total. The third kappa shape index (κ3) is 5.87. The van der Waals surface area contributed by atoms with Crippen molar-refractivity contribution in [2.75, 3.05) is 30.2 Å². The smallest absolute Gasteiger partial charge is 0.223 e. The molecule has 1 unspecified atom stereocenters. The fourth-order valence-corrected chi connectivity index (χ4v) is 4.80. The van der Waals surface area contributed by atoms with Gasteiger partial charge in [0.2, 0.25) is 5.95 Å². The van der Waals surface area contributed by atoms with Crippen molar-refractivity contribution in [3.05, 3.63) is 84.0 Å². The molecule has 1 aliphatic heterocycles. The summed E-state index contributed by atoms with van der Waals surface area (Å²) in [6.45, 7) is 1.98. The molecule has 0 amide bonds. The highest BCUT2D eigenvalue weighted by atomic mass is 35.5. The van der Waals surface area contributed by atoms with Crippen molar-refractivity contribution in [3.63, 3.8) is 0 Å². The number of aromatic nitrogens is 3. The second-order valence-electron chi connectivity index (χ2n) is 8.41. The summed E-state index contributed by atoms with van der Waals surface area (Å²) in [4.78, 5) is 16.3. The normalized spacial score (nSPS) is 15.6. The van der Waals surface area contributed by atoms with Gasteiger partial charge < -0.3 is 19.7 Å². The molecule has 1 saturated heterocycles. The lowest BCUT2D eigenvalue weighted by molar-refractivity contribution is 0.414. The average molecular weight is 523 g/mol. The van der Waals surface area contributed by atoms with E-state index >= 15 is 0 Å². The van der Waals surface area contributed by atoms with Crippen LogP contribution in [-0.4, -0.2) is 46.0 Å². The Labute approximate surface area is 218 Å². The van der Waals surface area contributed by atoms with E-state index in [2.05, 4.69) is 36.9 Å². The lowest BCUT2D eigenvalue weighted by atomic mass is 10.2. The summed E-state index contributed by atoms with van der Waals surface area (Å²) in [7, 11) is 2.09. The highest BCUT2D eigenvalue weighted by molar-refractivity contribution is 8.00. The Hall–Kier alpha value is -3.40. The van der Waals surface area contributed by atoms with Crippen molar-refractivity contribution >= 4 is 35.2 Å². The Morgan fingerprint density at radius 1 is 1.11 bits per heavy atom. The van der Waals surface area contributed by atoms with Crippen LogP contribution in [0.15, 0.2) is 78.1 Å². The Balaban J connectivity index is 1.31. The highest BCUT2D eigenvalue weighted by Crippen LogP contribution is 2.35. The molecule has 5 rings (SSSR count). The number of likely N-dealkylation sites (tertiary alicyclic amines) is 1. The summed E-state index contributed by atoms with van der Waals surface area (Å²) in [6.07, 6.45) is 5.98. The molecule has 4 aromatic rings. The first-order valence-corrected chi connectivity index (χ1v) is 12.6. The van der Waals surface area contributed by atoms with Crippen molar-refractivity contribution in [3.8, 4) is 22.8 Å². The van der Waals surface area contributed by atoms with Crippen molar-refractivity contribution in [1.82, 2.24) is 19.9 Å². The van der Waals surface area contributed by atoms with Crippen LogP contribution in [0.2, 0.25) is 5.02 Å². The Kier molecular flexibility index (Phi) is 7.50. The van der Waals surface area contributed by atoms with Gasteiger partial charge in [-0.1, -0.05) is 23.7 Å². The van der Waals surface area contributed by atoms with E-state index in [4.69, 9.17) is 16.3 Å². The highest BCUT2D eigenvalue weighted by Gasteiger charge is 2.20. The molecule has 184 valence electrons. The summed E-state index contributed by atoms with van der Waals surface area (Å²) >= 11 is 7.50. The van der Waals surface area contributed by atoms with Gasteiger partial charge in [-0.15, -0.1) is 0 Å². The van der Waals surface area contributed by atoms with Crippen LogP contribution in [0.4, 0.5) is 16.0 Å². The summed E-state index contributed by atoms with van der Waals surface area (Å²) in [5, 5.41) is 4.02. The number of benzene rings is 2. The SMILES string of the molecule is CN1CCC(Nc2nccc(-c3cnccc3Oc3ccc(NSc4ccccc4Cl)cc3F)n2)C1. The van der Waals surface area contributed by atoms with Crippen LogP contribution in [0, 0.1) is 5.82 Å². The van der Waals surface area contributed by atoms with Crippen LogP contribution in [0.25, 0.3) is 11.3 Å². The van der Waals surface area contributed by atoms with Gasteiger partial charge in [0.15, 0.2) is 11.6 Å². The molecule has 0 bridgehead atoms. The van der Waals surface area contributed by atoms with Crippen LogP contribution < -0.4 is 14.8 Å². The van der Waals surface area contributed by atoms with E-state index in [1.165, 1.54) is 18.0 Å². The summed E-state index contributed by atoms with van der Waals surface area (Å²) in [5.41, 5.74) is 1.86. The van der Waals surface area contributed by atoms with E-state index in [1.807, 2.05) is 18.2 Å². The van der Waals surface area contributed by atoms with Gasteiger partial charge in [-0.3, -0.25) is 4.98 Å². The minimum absolute atomic E-state index is 0.0946. The maximum atomic E-state index is 14.9. The number of likely N-dealkylation sites (N-methyl/N-ethyl adjacent to an activating group) is 1. The van der Waals surface area contributed by atoms with Gasteiger partial charge in [-0.05, 0) is 68.4 Å². The molecular weight excluding hydrogens is 499 g/mol. The number of anilines is 2. The van der Waals surface area contributed by atoms with Gasteiger partial charge in [0.25, 0.3) is 0 Å². The monoisotopic (exact) mass is 522 g/mol. The number of halogens is 2. The van der Waals surface area contributed by atoms with E-state index in [1.54, 1.807) is 48.9 Å². The zero-order valence-corrected chi connectivity index (χ0v) is 21.1. The predicted octanol–water partition coefficient (Wildman–Crippen LogP) is 6.36. The molecular formula is C26H24ClFN6OS. The molecule has 1 atom stereocenters. The number of ether oxygens (including phenoxy) is 1. The third-order valence-corrected chi connectivity index (χ3v) is 7.06. The van der Waals surface area contributed by atoms with E-state index < -0.39 is 5.82 Å². The predicted molar refractivity (Wildman–Crippen MR) is 142 cm³/mol. The van der Waals surface area contributed by atoms with E-state index in [0.29, 0.717) is 39.7 Å². The Morgan fingerprint density at radius 3 is 2.81 bits per heavy atom. The Bertz CT molecular complexity index is 1360. The molecule has 0 aliphatic carbocycles. The van der Waals surface area contributed by atoms with Crippen LogP contribution in [-0.2, 0) is 0 Å². The molecule has 2 aromatic carbocycles. The third-order valence-electron chi connectivity index (χ3n) is 5.70. The van der Waals surface area contributed by atoms with Crippen LogP contribution in [0.1, 0.15) is 6.42 Å². The second-order valence-corrected chi connectivity index (χ2v) is 9.67. The molecule has 1 fully saturated rings. The fourth-order valence-electron chi connectivity index (χ4n) is 3.88. The first-order chi connectivity index (χ1) is 17.5. The standard InChI is InChI=1S/C26H24ClFN6OS/c1-34-13-10-18(16-34)31-26-30-12-8-22(32-26)19-15-29-11-9-23(19)35-24-7-6-17(14-21(24)28)33-36-25-5-3-2-4-20(25)27/h2-9,11-12,14-15,18,33H,10,13,16H2,1H3,(H,30,31,32). The molecule has 10 heteroatoms. The molecule has 2 aromatic heterocycles. The number of pyridine rings is 1. The molecule has 0 saturated carbocycles. The van der Waals surface area contributed by atoms with E-state index in [-0.39, 0.29) is 5.75 Å². The minimum Gasteiger partial charge on any atom is -0.453 e. The van der Waals surface area contributed by atoms with E-state index in [9.17, 15) is 4.39 Å². The van der Waals surface area contributed by atoms with Crippen LogP contribution >= 0.6 is 23.5 Å². The maximum Gasteiger partial charge on any atom is 0.223 e. The van der Waals surface area contributed by atoms with Crippen LogP contribution in [0.3, 0.4) is 0 Å². The zero-order chi connectivity index (χ0) is 24.9. The molecule has 0 spiro atoms. The van der Waals surface area contributed by atoms with Gasteiger partial charge in [-0.2, -0.15) is 0 Å². The molecule has 36 heavy (non-hydrogen) atoms. The number of rotatable bonds is 8. The fraction of sp³-hybridized carbons (Fsp3) is 0.192. The number of hydrogen-bond acceptors (Lipinski definition) is 8. The van der Waals surface area contributed by atoms with Gasteiger partial charge in [0, 0.05) is 47.8 Å². The molecule has 1 aliphatic rings. The topological polar surface area (TPSA) is 75.2 Å². The van der Waals surface area contributed by atoms with Crippen LogP contribution in [0.5, 0.6) is 11.5 Å².